The molecule has 0 aliphatic rings. The zero-order valence-electron chi connectivity index (χ0n) is 4.02. The summed E-state index contributed by atoms with van der Waals surface area (Å²) in [5, 5.41) is 0. The molecule has 0 bridgehead atoms. The molecule has 0 atom stereocenters. The second-order valence-corrected chi connectivity index (χ2v) is 1.54. The summed E-state index contributed by atoms with van der Waals surface area (Å²) in [4.78, 5) is 21.6. The van der Waals surface area contributed by atoms with Crippen molar-refractivity contribution in [2.24, 2.45) is 0 Å². The summed E-state index contributed by atoms with van der Waals surface area (Å²) in [7, 11) is -4.64. The van der Waals surface area contributed by atoms with Crippen LogP contribution < -0.4 is 6.15 Å². The second kappa shape index (κ2) is 7.65. The molecule has 0 unspecified atom stereocenters. The average Bonchev–Trinajstić information content (AvgIpc) is 0.722. The molecule has 0 heterocycles. The maximum atomic E-state index is 8.88. The van der Waals surface area contributed by atoms with E-state index in [0.29, 0.717) is 0 Å². The van der Waals surface area contributed by atoms with E-state index in [0.717, 1.165) is 0 Å². The minimum absolute atomic E-state index is 0. The van der Waals surface area contributed by atoms with Crippen LogP contribution in [0.2, 0.25) is 0 Å². The van der Waals surface area contributed by atoms with Crippen LogP contribution >= 0.6 is 7.82 Å². The van der Waals surface area contributed by atoms with Crippen LogP contribution in [0.25, 0.3) is 0 Å². The van der Waals surface area contributed by atoms with Crippen LogP contribution in [0.3, 0.4) is 0 Å². The molecule has 0 rings (SSSR count). The van der Waals surface area contributed by atoms with Crippen LogP contribution in [-0.2, 0) is 29.5 Å². The molecule has 0 aromatic heterocycles. The summed E-state index contributed by atoms with van der Waals surface area (Å²) in [5.41, 5.74) is 0. The maximum Gasteiger partial charge on any atom is 2.00 e. The van der Waals surface area contributed by atoms with E-state index in [4.69, 9.17) is 19.2 Å². The Kier molecular flexibility index (Phi) is 22.4. The molecule has 0 aromatic rings. The fourth-order valence-electron chi connectivity index (χ4n) is 0. The molecule has 0 aliphatic heterocycles. The summed E-state index contributed by atoms with van der Waals surface area (Å²) < 4.78 is 8.88. The molecular weight excluding hydrogens is 190 g/mol. The minimum atomic E-state index is -4.64. The largest absolute Gasteiger partial charge is 2.00 e. The van der Waals surface area contributed by atoms with Crippen LogP contribution in [0, 0.1) is 0 Å². The zero-order chi connectivity index (χ0) is 4.50. The Labute approximate surface area is 58.8 Å². The Morgan fingerprint density at radius 2 is 1.12 bits per heavy atom. The van der Waals surface area contributed by atoms with Crippen molar-refractivity contribution in [2.45, 2.75) is 0 Å². The van der Waals surface area contributed by atoms with Crippen LogP contribution in [-0.4, -0.2) is 14.7 Å². The van der Waals surface area contributed by atoms with Crippen LogP contribution in [0.15, 0.2) is 0 Å². The van der Waals surface area contributed by atoms with E-state index in [1.54, 1.807) is 0 Å². The van der Waals surface area contributed by atoms with Gasteiger partial charge in [0.1, 0.15) is 0 Å². The molecule has 48 valence electrons. The molecule has 0 radical (unpaired) electrons. The fraction of sp³-hybridized carbons (Fsp3) is 0. The molecule has 0 aromatic carbocycles. The number of hydrogen-bond donors (Lipinski definition) is 4. The first-order valence-corrected chi connectivity index (χ1v) is 2.35. The third-order valence-corrected chi connectivity index (χ3v) is 0. The van der Waals surface area contributed by atoms with Crippen LogP contribution in [0.4, 0.5) is 0 Å². The van der Waals surface area contributed by atoms with Gasteiger partial charge in [-0.2, -0.15) is 0 Å². The monoisotopic (exact) mass is 195 g/mol. The molecule has 0 saturated carbocycles. The third-order valence-electron chi connectivity index (χ3n) is 0. The summed E-state index contributed by atoms with van der Waals surface area (Å²) in [5.74, 6) is 0. The molecule has 6 N–H and O–H groups in total. The molecule has 0 spiro atoms. The van der Waals surface area contributed by atoms with Gasteiger partial charge in [0, 0.05) is 0 Å². The Hall–Kier alpha value is 0.653. The first kappa shape index (κ1) is 23.4. The van der Waals surface area contributed by atoms with Crippen molar-refractivity contribution in [3.63, 3.8) is 0 Å². The Morgan fingerprint density at radius 1 is 1.12 bits per heavy atom. The smallest absolute Gasteiger partial charge is 2.00 e. The topological polar surface area (TPSA) is 141 Å². The van der Waals surface area contributed by atoms with Gasteiger partial charge in [0.2, 0.25) is 0 Å². The minimum Gasteiger partial charge on any atom is -2.00 e. The predicted octanol–water partition coefficient (Wildman–Crippen LogP) is -0.888. The van der Waals surface area contributed by atoms with E-state index in [9.17, 15) is 0 Å². The van der Waals surface area contributed by atoms with Gasteiger partial charge in [0.15, 0.2) is 0 Å². The average molecular weight is 196 g/mol. The Balaban J connectivity index is -0.0000000267. The van der Waals surface area contributed by atoms with Gasteiger partial charge in [-0.05, 0) is 0 Å². The summed E-state index contributed by atoms with van der Waals surface area (Å²) in [6.45, 7) is 0. The third kappa shape index (κ3) is 498. The van der Waals surface area contributed by atoms with Crippen LogP contribution in [0.1, 0.15) is 0 Å². The Bertz CT molecular complexity index is 58.6. The van der Waals surface area contributed by atoms with Gasteiger partial charge in [0.05, 0.1) is 0 Å². The van der Waals surface area contributed by atoms with E-state index >= 15 is 0 Å². The molecule has 0 saturated heterocycles. The van der Waals surface area contributed by atoms with Gasteiger partial charge in [-0.15, -0.1) is 0 Å². The molecule has 0 aliphatic carbocycles. The number of rotatable bonds is 0. The van der Waals surface area contributed by atoms with Crippen molar-refractivity contribution in [3.05, 3.63) is 0 Å². The van der Waals surface area contributed by atoms with Gasteiger partial charge in [-0.3, -0.25) is 0 Å². The predicted molar refractivity (Wildman–Crippen MR) is 20.0 cm³/mol. The molecule has 8 heavy (non-hydrogen) atoms. The summed E-state index contributed by atoms with van der Waals surface area (Å²) in [6, 6.07) is 0. The van der Waals surface area contributed by atoms with Crippen molar-refractivity contribution < 1.29 is 44.2 Å². The first-order valence-electron chi connectivity index (χ1n) is 0.783. The van der Waals surface area contributed by atoms with Crippen molar-refractivity contribution in [2.75, 3.05) is 0 Å². The van der Waals surface area contributed by atoms with Gasteiger partial charge >= 0.3 is 27.3 Å². The van der Waals surface area contributed by atoms with Gasteiger partial charge in [-0.25, -0.2) is 4.57 Å². The van der Waals surface area contributed by atoms with E-state index in [-0.39, 0.29) is 31.1 Å². The first-order chi connectivity index (χ1) is 2.00. The van der Waals surface area contributed by atoms with Gasteiger partial charge in [0.25, 0.3) is 0 Å². The summed E-state index contributed by atoms with van der Waals surface area (Å²) in [6.07, 6.45) is 0. The molecular formula is H6NO5PZn. The van der Waals surface area contributed by atoms with E-state index in [1.807, 2.05) is 0 Å². The number of phosphoric acid groups is 1. The van der Waals surface area contributed by atoms with Crippen LogP contribution in [0.5, 0.6) is 0 Å². The van der Waals surface area contributed by atoms with Crippen molar-refractivity contribution in [1.82, 2.24) is 6.15 Å². The van der Waals surface area contributed by atoms with Gasteiger partial charge < -0.3 is 26.3 Å². The van der Waals surface area contributed by atoms with E-state index in [1.165, 1.54) is 0 Å². The fourth-order valence-corrected chi connectivity index (χ4v) is 0. The molecule has 8 heteroatoms. The standard InChI is InChI=1S/H3N.H3O4P.O.Zn/c;1-5(2,3)4;;/h1H3;(H3,1,2,3,4);;/q;;-2;+2. The zero-order valence-corrected chi connectivity index (χ0v) is 7.88. The van der Waals surface area contributed by atoms with Crippen molar-refractivity contribution in [1.29, 1.82) is 0 Å². The maximum absolute atomic E-state index is 8.88. The molecule has 6 nitrogen and oxygen atoms in total. The van der Waals surface area contributed by atoms with E-state index in [2.05, 4.69) is 0 Å². The normalized spacial score (nSPS) is 7.38. The van der Waals surface area contributed by atoms with Crippen molar-refractivity contribution in [3.8, 4) is 0 Å². The second-order valence-electron chi connectivity index (χ2n) is 0.513. The summed E-state index contributed by atoms with van der Waals surface area (Å²) >= 11 is 0. The Morgan fingerprint density at radius 3 is 1.12 bits per heavy atom. The van der Waals surface area contributed by atoms with E-state index < -0.39 is 7.82 Å². The van der Waals surface area contributed by atoms with Crippen molar-refractivity contribution >= 4 is 7.82 Å². The molecule has 0 amide bonds. The molecule has 0 fully saturated rings. The van der Waals surface area contributed by atoms with Gasteiger partial charge in [-0.1, -0.05) is 0 Å². The SMILES string of the molecule is N.O=P(O)(O)O.[O-2].[Zn+2]. The number of hydrogen-bond acceptors (Lipinski definition) is 2. The quantitative estimate of drug-likeness (QED) is 0.294.